The Labute approximate surface area is 130 Å². The summed E-state index contributed by atoms with van der Waals surface area (Å²) in [5.41, 5.74) is 1.59. The van der Waals surface area contributed by atoms with Crippen LogP contribution in [0.25, 0.3) is 0 Å². The lowest BCUT2D eigenvalue weighted by atomic mass is 10.1. The predicted octanol–water partition coefficient (Wildman–Crippen LogP) is 4.01. The molecule has 1 atom stereocenters. The number of carbonyl (C=O) groups excluding carboxylic acids is 1. The van der Waals surface area contributed by atoms with Gasteiger partial charge in [0.2, 0.25) is 0 Å². The number of methoxy groups -OCH3 is 2. The van der Waals surface area contributed by atoms with Crippen molar-refractivity contribution in [2.24, 2.45) is 0 Å². The molecule has 0 aliphatic heterocycles. The molecule has 22 heavy (non-hydrogen) atoms. The van der Waals surface area contributed by atoms with E-state index in [4.69, 9.17) is 9.47 Å². The Morgan fingerprint density at radius 2 is 1.55 bits per heavy atom. The SMILES string of the molecule is CCC(Oc1ccc(C(=O)OC)cc1)c1ccc(OC)cc1. The zero-order valence-electron chi connectivity index (χ0n) is 13.0. The zero-order valence-corrected chi connectivity index (χ0v) is 13.0. The van der Waals surface area contributed by atoms with Crippen LogP contribution in [0.1, 0.15) is 35.4 Å². The first-order valence-electron chi connectivity index (χ1n) is 7.17. The summed E-state index contributed by atoms with van der Waals surface area (Å²) in [7, 11) is 3.01. The summed E-state index contributed by atoms with van der Waals surface area (Å²) in [5.74, 6) is 1.19. The fourth-order valence-corrected chi connectivity index (χ4v) is 2.16. The predicted molar refractivity (Wildman–Crippen MR) is 84.4 cm³/mol. The van der Waals surface area contributed by atoms with Gasteiger partial charge in [-0.05, 0) is 48.4 Å². The van der Waals surface area contributed by atoms with Crippen LogP contribution in [0.4, 0.5) is 0 Å². The van der Waals surface area contributed by atoms with Gasteiger partial charge in [0.15, 0.2) is 0 Å². The molecule has 0 bridgehead atoms. The van der Waals surface area contributed by atoms with Crippen LogP contribution < -0.4 is 9.47 Å². The van der Waals surface area contributed by atoms with Gasteiger partial charge in [-0.15, -0.1) is 0 Å². The summed E-state index contributed by atoms with van der Waals surface area (Å²) < 4.78 is 15.8. The highest BCUT2D eigenvalue weighted by Crippen LogP contribution is 2.26. The molecule has 0 aliphatic carbocycles. The smallest absolute Gasteiger partial charge is 0.337 e. The van der Waals surface area contributed by atoms with Crippen molar-refractivity contribution in [3.05, 3.63) is 59.7 Å². The highest BCUT2D eigenvalue weighted by Gasteiger charge is 2.12. The van der Waals surface area contributed by atoms with Crippen LogP contribution in [-0.4, -0.2) is 20.2 Å². The van der Waals surface area contributed by atoms with Gasteiger partial charge < -0.3 is 14.2 Å². The third-order valence-corrected chi connectivity index (χ3v) is 3.41. The largest absolute Gasteiger partial charge is 0.497 e. The van der Waals surface area contributed by atoms with Gasteiger partial charge in [-0.2, -0.15) is 0 Å². The fraction of sp³-hybridized carbons (Fsp3) is 0.278. The van der Waals surface area contributed by atoms with Gasteiger partial charge in [0.1, 0.15) is 17.6 Å². The Hall–Kier alpha value is -2.49. The topological polar surface area (TPSA) is 44.8 Å². The second-order valence-electron chi connectivity index (χ2n) is 4.80. The molecule has 0 heterocycles. The van der Waals surface area contributed by atoms with E-state index in [1.54, 1.807) is 31.4 Å². The number of ether oxygens (including phenoxy) is 3. The molecule has 0 saturated heterocycles. The second kappa shape index (κ2) is 7.50. The van der Waals surface area contributed by atoms with Crippen molar-refractivity contribution in [2.45, 2.75) is 19.4 Å². The van der Waals surface area contributed by atoms with Crippen molar-refractivity contribution in [1.82, 2.24) is 0 Å². The Morgan fingerprint density at radius 1 is 0.955 bits per heavy atom. The molecule has 4 nitrogen and oxygen atoms in total. The Morgan fingerprint density at radius 3 is 2.05 bits per heavy atom. The molecule has 2 aromatic rings. The Bertz CT molecular complexity index is 602. The van der Waals surface area contributed by atoms with Gasteiger partial charge in [-0.25, -0.2) is 4.79 Å². The monoisotopic (exact) mass is 300 g/mol. The molecule has 0 N–H and O–H groups in total. The van der Waals surface area contributed by atoms with Crippen LogP contribution in [0, 0.1) is 0 Å². The molecule has 1 unspecified atom stereocenters. The summed E-state index contributed by atoms with van der Waals surface area (Å²) in [6.45, 7) is 2.07. The number of esters is 1. The van der Waals surface area contributed by atoms with E-state index in [0.29, 0.717) is 5.56 Å². The summed E-state index contributed by atoms with van der Waals surface area (Å²) in [4.78, 5) is 11.4. The molecule has 0 saturated carbocycles. The Balaban J connectivity index is 2.10. The summed E-state index contributed by atoms with van der Waals surface area (Å²) >= 11 is 0. The van der Waals surface area contributed by atoms with E-state index in [1.165, 1.54) is 7.11 Å². The van der Waals surface area contributed by atoms with Gasteiger partial charge >= 0.3 is 5.97 Å². The van der Waals surface area contributed by atoms with Crippen LogP contribution in [-0.2, 0) is 4.74 Å². The summed E-state index contributed by atoms with van der Waals surface area (Å²) in [6.07, 6.45) is 0.792. The van der Waals surface area contributed by atoms with Crippen molar-refractivity contribution < 1.29 is 19.0 Å². The average Bonchev–Trinajstić information content (AvgIpc) is 2.59. The highest BCUT2D eigenvalue weighted by molar-refractivity contribution is 5.89. The third kappa shape index (κ3) is 3.79. The summed E-state index contributed by atoms with van der Waals surface area (Å²) in [6, 6.07) is 14.8. The molecule has 0 fully saturated rings. The van der Waals surface area contributed by atoms with E-state index in [0.717, 1.165) is 23.5 Å². The normalized spacial score (nSPS) is 11.6. The first-order chi connectivity index (χ1) is 10.7. The third-order valence-electron chi connectivity index (χ3n) is 3.41. The lowest BCUT2D eigenvalue weighted by Gasteiger charge is -2.18. The molecule has 0 spiro atoms. The van der Waals surface area contributed by atoms with E-state index in [1.807, 2.05) is 24.3 Å². The van der Waals surface area contributed by atoms with E-state index < -0.39 is 0 Å². The van der Waals surface area contributed by atoms with Gasteiger partial charge in [-0.3, -0.25) is 0 Å². The lowest BCUT2D eigenvalue weighted by molar-refractivity contribution is 0.0600. The number of rotatable bonds is 6. The van der Waals surface area contributed by atoms with Crippen molar-refractivity contribution in [3.63, 3.8) is 0 Å². The minimum Gasteiger partial charge on any atom is -0.497 e. The molecular formula is C18H20O4. The Kier molecular flexibility index (Phi) is 5.42. The van der Waals surface area contributed by atoms with Gasteiger partial charge in [0, 0.05) is 0 Å². The van der Waals surface area contributed by atoms with E-state index in [-0.39, 0.29) is 12.1 Å². The number of hydrogen-bond donors (Lipinski definition) is 0. The minimum absolute atomic E-state index is 0.0464. The molecule has 2 rings (SSSR count). The van der Waals surface area contributed by atoms with E-state index in [2.05, 4.69) is 11.7 Å². The first kappa shape index (κ1) is 15.9. The van der Waals surface area contributed by atoms with Crippen LogP contribution in [0.2, 0.25) is 0 Å². The molecule has 0 aromatic heterocycles. The van der Waals surface area contributed by atoms with Crippen LogP contribution in [0.5, 0.6) is 11.5 Å². The van der Waals surface area contributed by atoms with Gasteiger partial charge in [0.25, 0.3) is 0 Å². The molecule has 4 heteroatoms. The number of benzene rings is 2. The molecule has 2 aromatic carbocycles. The number of carbonyl (C=O) groups is 1. The molecule has 0 aliphatic rings. The fourth-order valence-electron chi connectivity index (χ4n) is 2.16. The summed E-state index contributed by atoms with van der Waals surface area (Å²) in [5, 5.41) is 0. The first-order valence-corrected chi connectivity index (χ1v) is 7.17. The van der Waals surface area contributed by atoms with Gasteiger partial charge in [-0.1, -0.05) is 19.1 Å². The van der Waals surface area contributed by atoms with Crippen molar-refractivity contribution in [2.75, 3.05) is 14.2 Å². The maximum absolute atomic E-state index is 11.4. The van der Waals surface area contributed by atoms with E-state index >= 15 is 0 Å². The average molecular weight is 300 g/mol. The standard InChI is InChI=1S/C18H20O4/c1-4-17(13-5-9-15(20-2)10-6-13)22-16-11-7-14(8-12-16)18(19)21-3/h5-12,17H,4H2,1-3H3. The van der Waals surface area contributed by atoms with Gasteiger partial charge in [0.05, 0.1) is 19.8 Å². The maximum Gasteiger partial charge on any atom is 0.337 e. The minimum atomic E-state index is -0.353. The molecule has 0 amide bonds. The zero-order chi connectivity index (χ0) is 15.9. The maximum atomic E-state index is 11.4. The molecule has 116 valence electrons. The van der Waals surface area contributed by atoms with E-state index in [9.17, 15) is 4.79 Å². The van der Waals surface area contributed by atoms with Crippen molar-refractivity contribution in [1.29, 1.82) is 0 Å². The van der Waals surface area contributed by atoms with Crippen molar-refractivity contribution in [3.8, 4) is 11.5 Å². The quantitative estimate of drug-likeness (QED) is 0.756. The van der Waals surface area contributed by atoms with Crippen LogP contribution in [0.3, 0.4) is 0 Å². The van der Waals surface area contributed by atoms with Crippen LogP contribution in [0.15, 0.2) is 48.5 Å². The number of hydrogen-bond acceptors (Lipinski definition) is 4. The second-order valence-corrected chi connectivity index (χ2v) is 4.80. The molecule has 0 radical (unpaired) electrons. The van der Waals surface area contributed by atoms with Crippen molar-refractivity contribution >= 4 is 5.97 Å². The highest BCUT2D eigenvalue weighted by atomic mass is 16.5. The lowest BCUT2D eigenvalue weighted by Crippen LogP contribution is -2.07. The van der Waals surface area contributed by atoms with Crippen LogP contribution >= 0.6 is 0 Å². The molecular weight excluding hydrogens is 280 g/mol.